The summed E-state index contributed by atoms with van der Waals surface area (Å²) in [4.78, 5) is 13.6. The number of nitrogens with one attached hydrogen (secondary N) is 2. The number of benzene rings is 1. The Morgan fingerprint density at radius 3 is 2.62 bits per heavy atom. The topological polar surface area (TPSA) is 98.7 Å². The summed E-state index contributed by atoms with van der Waals surface area (Å²) >= 11 is 1.45. The zero-order valence-electron chi connectivity index (χ0n) is 14.4. The maximum Gasteiger partial charge on any atom is 0.280 e. The fraction of sp³-hybridized carbons (Fsp3) is 0.353. The van der Waals surface area contributed by atoms with Crippen molar-refractivity contribution in [3.05, 3.63) is 52.2 Å². The molecule has 3 rings (SSSR count). The molecule has 0 saturated carbocycles. The lowest BCUT2D eigenvalue weighted by Gasteiger charge is -2.35. The number of aliphatic hydroxyl groups excluding tert-OH is 1. The third kappa shape index (κ3) is 3.97. The molecular weight excluding hydrogens is 374 g/mol. The minimum Gasteiger partial charge on any atom is -0.389 e. The van der Waals surface area contributed by atoms with E-state index < -0.39 is 28.4 Å². The fourth-order valence-corrected chi connectivity index (χ4v) is 4.99. The second-order valence-corrected chi connectivity index (χ2v) is 8.99. The molecule has 2 heterocycles. The molecule has 1 fully saturated rings. The van der Waals surface area contributed by atoms with Crippen LogP contribution in [0.3, 0.4) is 0 Å². The highest BCUT2D eigenvalue weighted by molar-refractivity contribution is 7.87. The zero-order chi connectivity index (χ0) is 18.9. The molecule has 1 unspecified atom stereocenters. The van der Waals surface area contributed by atoms with E-state index in [1.54, 1.807) is 31.2 Å². The first-order chi connectivity index (χ1) is 12.3. The van der Waals surface area contributed by atoms with E-state index >= 15 is 0 Å². The number of carbonyl (C=O) groups excluding carboxylic acids is 1. The van der Waals surface area contributed by atoms with Crippen LogP contribution in [0.1, 0.15) is 35.9 Å². The van der Waals surface area contributed by atoms with Crippen LogP contribution in [0.25, 0.3) is 0 Å². The standard InChI is InChI=1S/C17H21N3O4S2/c1-11(21)12-5-7-13(8-6-12)18-17(22)15-10-14(16-4-3-9-25-16)19-26(23,24)20(15)2/h3-9,11,14-15,19,21H,10H2,1-2H3,(H,18,22)/t11?,14-,15+/m0/s1. The van der Waals surface area contributed by atoms with E-state index in [1.807, 2.05) is 17.5 Å². The van der Waals surface area contributed by atoms with Crippen LogP contribution in [0, 0.1) is 0 Å². The second kappa shape index (κ2) is 7.45. The molecule has 1 aliphatic heterocycles. The van der Waals surface area contributed by atoms with E-state index in [0.717, 1.165) is 14.7 Å². The minimum atomic E-state index is -3.74. The largest absolute Gasteiger partial charge is 0.389 e. The van der Waals surface area contributed by atoms with Gasteiger partial charge >= 0.3 is 0 Å². The number of amides is 1. The molecule has 0 spiro atoms. The van der Waals surface area contributed by atoms with Gasteiger partial charge in [-0.3, -0.25) is 4.79 Å². The molecule has 7 nitrogen and oxygen atoms in total. The molecule has 9 heteroatoms. The zero-order valence-corrected chi connectivity index (χ0v) is 16.0. The Morgan fingerprint density at radius 1 is 1.35 bits per heavy atom. The molecule has 1 amide bonds. The summed E-state index contributed by atoms with van der Waals surface area (Å²) in [6, 6.07) is 9.28. The molecule has 3 atom stereocenters. The molecule has 0 radical (unpaired) electrons. The van der Waals surface area contributed by atoms with Crippen molar-refractivity contribution < 1.29 is 18.3 Å². The van der Waals surface area contributed by atoms with Crippen LogP contribution < -0.4 is 10.0 Å². The van der Waals surface area contributed by atoms with Crippen LogP contribution in [0.2, 0.25) is 0 Å². The monoisotopic (exact) mass is 395 g/mol. The Bertz CT molecular complexity index is 864. The molecule has 140 valence electrons. The third-order valence-corrected chi connectivity index (χ3v) is 7.00. The van der Waals surface area contributed by atoms with Gasteiger partial charge in [-0.2, -0.15) is 17.4 Å². The molecule has 1 aliphatic rings. The number of anilines is 1. The Kier molecular flexibility index (Phi) is 5.44. The average molecular weight is 396 g/mol. The van der Waals surface area contributed by atoms with E-state index in [9.17, 15) is 18.3 Å². The van der Waals surface area contributed by atoms with Gasteiger partial charge in [-0.1, -0.05) is 18.2 Å². The number of nitrogens with zero attached hydrogens (tertiary/aromatic N) is 1. The van der Waals surface area contributed by atoms with Gasteiger partial charge < -0.3 is 10.4 Å². The van der Waals surface area contributed by atoms with Crippen molar-refractivity contribution in [2.45, 2.75) is 31.5 Å². The van der Waals surface area contributed by atoms with Crippen molar-refractivity contribution >= 4 is 33.1 Å². The Morgan fingerprint density at radius 2 is 2.04 bits per heavy atom. The lowest BCUT2D eigenvalue weighted by atomic mass is 10.1. The molecule has 3 N–H and O–H groups in total. The summed E-state index contributed by atoms with van der Waals surface area (Å²) in [5.41, 5.74) is 1.29. The smallest absolute Gasteiger partial charge is 0.280 e. The lowest BCUT2D eigenvalue weighted by molar-refractivity contribution is -0.120. The van der Waals surface area contributed by atoms with Crippen LogP contribution in [-0.2, 0) is 15.0 Å². The highest BCUT2D eigenvalue weighted by Gasteiger charge is 2.40. The maximum absolute atomic E-state index is 12.7. The van der Waals surface area contributed by atoms with E-state index in [2.05, 4.69) is 10.0 Å². The number of thiophene rings is 1. The van der Waals surface area contributed by atoms with Crippen LogP contribution >= 0.6 is 11.3 Å². The summed E-state index contributed by atoms with van der Waals surface area (Å²) in [7, 11) is -2.35. The number of hydrogen-bond acceptors (Lipinski definition) is 5. The first-order valence-corrected chi connectivity index (χ1v) is 10.5. The molecule has 0 bridgehead atoms. The Labute approximate surface area is 156 Å². The fourth-order valence-electron chi connectivity index (χ4n) is 2.86. The van der Waals surface area contributed by atoms with Gasteiger partial charge in [0.05, 0.1) is 12.1 Å². The van der Waals surface area contributed by atoms with Crippen LogP contribution in [0.4, 0.5) is 5.69 Å². The van der Waals surface area contributed by atoms with Gasteiger partial charge in [0, 0.05) is 17.6 Å². The van der Waals surface area contributed by atoms with E-state index in [0.29, 0.717) is 12.1 Å². The van der Waals surface area contributed by atoms with Crippen molar-refractivity contribution in [2.75, 3.05) is 12.4 Å². The number of rotatable bonds is 4. The number of likely N-dealkylation sites (N-methyl/N-ethyl adjacent to an activating group) is 1. The van der Waals surface area contributed by atoms with Gasteiger partial charge in [0.1, 0.15) is 6.04 Å². The van der Waals surface area contributed by atoms with E-state index in [4.69, 9.17) is 0 Å². The SMILES string of the molecule is CC(O)c1ccc(NC(=O)[C@H]2C[C@@H](c3cccs3)NS(=O)(=O)N2C)cc1. The molecule has 1 aromatic heterocycles. The summed E-state index contributed by atoms with van der Waals surface area (Å²) in [6.45, 7) is 1.66. The first-order valence-electron chi connectivity index (χ1n) is 8.15. The lowest BCUT2D eigenvalue weighted by Crippen LogP contribution is -2.55. The molecule has 2 aromatic rings. The minimum absolute atomic E-state index is 0.341. The van der Waals surface area contributed by atoms with Crippen molar-refractivity contribution in [3.8, 4) is 0 Å². The molecule has 1 saturated heterocycles. The third-order valence-electron chi connectivity index (χ3n) is 4.42. The van der Waals surface area contributed by atoms with E-state index in [1.165, 1.54) is 18.4 Å². The van der Waals surface area contributed by atoms with Crippen LogP contribution in [0.15, 0.2) is 41.8 Å². The summed E-state index contributed by atoms with van der Waals surface area (Å²) < 4.78 is 28.5. The second-order valence-electron chi connectivity index (χ2n) is 6.25. The van der Waals surface area contributed by atoms with Crippen molar-refractivity contribution in [1.82, 2.24) is 9.03 Å². The first kappa shape index (κ1) is 19.0. The number of carbonyl (C=O) groups is 1. The summed E-state index contributed by atoms with van der Waals surface area (Å²) in [6.07, 6.45) is -0.250. The normalized spacial score (nSPS) is 24.1. The maximum atomic E-state index is 12.7. The molecular formula is C17H21N3O4S2. The predicted octanol–water partition coefficient (Wildman–Crippen LogP) is 2.02. The predicted molar refractivity (Wildman–Crippen MR) is 101 cm³/mol. The van der Waals surface area contributed by atoms with E-state index in [-0.39, 0.29) is 5.91 Å². The van der Waals surface area contributed by atoms with Gasteiger partial charge in [0.25, 0.3) is 10.2 Å². The van der Waals surface area contributed by atoms with Crippen LogP contribution in [-0.4, -0.2) is 36.8 Å². The van der Waals surface area contributed by atoms with Crippen molar-refractivity contribution in [1.29, 1.82) is 0 Å². The van der Waals surface area contributed by atoms with Gasteiger partial charge in [0.2, 0.25) is 5.91 Å². The summed E-state index contributed by atoms with van der Waals surface area (Å²) in [5, 5.41) is 14.2. The Balaban J connectivity index is 1.78. The Hall–Kier alpha value is -1.78. The quantitative estimate of drug-likeness (QED) is 0.738. The molecule has 0 aliphatic carbocycles. The number of hydrogen-bond donors (Lipinski definition) is 3. The van der Waals surface area contributed by atoms with Crippen molar-refractivity contribution in [2.24, 2.45) is 0 Å². The highest BCUT2D eigenvalue weighted by Crippen LogP contribution is 2.30. The van der Waals surface area contributed by atoms with Gasteiger partial charge in [-0.25, -0.2) is 0 Å². The van der Waals surface area contributed by atoms with Crippen molar-refractivity contribution in [3.63, 3.8) is 0 Å². The average Bonchev–Trinajstić information content (AvgIpc) is 3.12. The van der Waals surface area contributed by atoms with Gasteiger partial charge in [-0.05, 0) is 42.5 Å². The molecule has 26 heavy (non-hydrogen) atoms. The highest BCUT2D eigenvalue weighted by atomic mass is 32.2. The van der Waals surface area contributed by atoms with Gasteiger partial charge in [0.15, 0.2) is 0 Å². The summed E-state index contributed by atoms with van der Waals surface area (Å²) in [5.74, 6) is -0.385. The molecule has 1 aromatic carbocycles. The van der Waals surface area contributed by atoms with Gasteiger partial charge in [-0.15, -0.1) is 11.3 Å². The number of aliphatic hydroxyl groups is 1. The van der Waals surface area contributed by atoms with Crippen LogP contribution in [0.5, 0.6) is 0 Å².